The van der Waals surface area contributed by atoms with E-state index in [0.717, 1.165) is 0 Å². The van der Waals surface area contributed by atoms with E-state index in [1.165, 1.54) is 29.8 Å². The molecular weight excluding hydrogens is 686 g/mol. The summed E-state index contributed by atoms with van der Waals surface area (Å²) in [5.41, 5.74) is -5.77. The maximum Gasteiger partial charge on any atom is 0.416 e. The summed E-state index contributed by atoms with van der Waals surface area (Å²) in [4.78, 5) is 41.3. The number of likely N-dealkylation sites (tertiary alicyclic amines) is 1. The number of methoxy groups -OCH3 is 1. The summed E-state index contributed by atoms with van der Waals surface area (Å²) in [6, 6.07) is 18.4. The zero-order chi connectivity index (χ0) is 37.0. The van der Waals surface area contributed by atoms with Crippen LogP contribution >= 0.6 is 0 Å². The number of alkyl halides is 6. The highest BCUT2D eigenvalue weighted by molar-refractivity contribution is 5.72. The molecule has 51 heavy (non-hydrogen) atoms. The number of benzene rings is 3. The molecule has 0 aliphatic carbocycles. The van der Waals surface area contributed by atoms with Crippen molar-refractivity contribution in [3.8, 4) is 0 Å². The molecule has 272 valence electrons. The fourth-order valence-electron chi connectivity index (χ4n) is 6.34. The highest BCUT2D eigenvalue weighted by atomic mass is 19.4. The van der Waals surface area contributed by atoms with Gasteiger partial charge in [-0.2, -0.15) is 31.4 Å². The molecule has 0 radical (unpaired) electrons. The van der Waals surface area contributed by atoms with E-state index < -0.39 is 65.0 Å². The van der Waals surface area contributed by atoms with E-state index in [9.17, 15) is 40.7 Å². The van der Waals surface area contributed by atoms with Crippen LogP contribution < -0.4 is 5.69 Å². The van der Waals surface area contributed by atoms with Crippen molar-refractivity contribution in [3.05, 3.63) is 123 Å². The monoisotopic (exact) mass is 720 g/mol. The standard InChI is InChI=1S/C35H34F6N4O6/c1-23(25-15-27(34(36,37)38)17-28(16-25)35(39,40)41)51-21-33(26-11-7-4-8-12-26)14-13-32(18-29(46)49-2,45-22-42-43-30(45)47)20-44(33)31(48)50-19-24-9-5-3-6-10-24/h3-12,15-17,22-23H,13-14,18-21H2,1-2H3,(H,43,47)/t23-,32-,33+/m1/s1. The minimum Gasteiger partial charge on any atom is -0.469 e. The smallest absolute Gasteiger partial charge is 0.416 e. The Hall–Kier alpha value is -5.12. The fraction of sp³-hybridized carbons (Fsp3) is 0.371. The Kier molecular flexibility index (Phi) is 10.6. The summed E-state index contributed by atoms with van der Waals surface area (Å²) in [7, 11) is 1.17. The SMILES string of the molecule is COC(=O)C[C@]1(n2cn[nH]c2=O)CC[C@](CO[C@H](C)c2cc(C(F)(F)F)cc(C(F)(F)F)c2)(c2ccccc2)N(C(=O)OCc2ccccc2)C1. The van der Waals surface area contributed by atoms with Gasteiger partial charge in [-0.1, -0.05) is 60.7 Å². The predicted octanol–water partition coefficient (Wildman–Crippen LogP) is 6.97. The van der Waals surface area contributed by atoms with E-state index in [1.54, 1.807) is 60.7 Å². The number of aromatic nitrogens is 3. The summed E-state index contributed by atoms with van der Waals surface area (Å²) in [5, 5.41) is 6.11. The lowest BCUT2D eigenvalue weighted by Crippen LogP contribution is -2.64. The lowest BCUT2D eigenvalue weighted by atomic mass is 9.73. The van der Waals surface area contributed by atoms with E-state index in [-0.39, 0.29) is 44.0 Å². The maximum atomic E-state index is 14.3. The van der Waals surface area contributed by atoms with Crippen molar-refractivity contribution in [1.82, 2.24) is 19.7 Å². The topological polar surface area (TPSA) is 116 Å². The number of esters is 1. The van der Waals surface area contributed by atoms with Gasteiger partial charge in [0.1, 0.15) is 12.9 Å². The molecule has 0 unspecified atom stereocenters. The van der Waals surface area contributed by atoms with Gasteiger partial charge in [0.25, 0.3) is 0 Å². The van der Waals surface area contributed by atoms with Crippen molar-refractivity contribution in [2.24, 2.45) is 0 Å². The van der Waals surface area contributed by atoms with Crippen molar-refractivity contribution in [2.45, 2.75) is 62.3 Å². The quantitative estimate of drug-likeness (QED) is 0.139. The maximum absolute atomic E-state index is 14.3. The molecule has 1 N–H and O–H groups in total. The summed E-state index contributed by atoms with van der Waals surface area (Å²) in [5.74, 6) is -0.692. The zero-order valence-corrected chi connectivity index (χ0v) is 27.5. The van der Waals surface area contributed by atoms with Gasteiger partial charge in [0.05, 0.1) is 48.4 Å². The molecule has 1 aliphatic rings. The van der Waals surface area contributed by atoms with Gasteiger partial charge < -0.3 is 14.2 Å². The number of piperidine rings is 1. The molecule has 1 fully saturated rings. The number of carbonyl (C=O) groups is 2. The third-order valence-electron chi connectivity index (χ3n) is 9.13. The molecule has 1 amide bonds. The van der Waals surface area contributed by atoms with Crippen LogP contribution in [0.3, 0.4) is 0 Å². The first-order valence-electron chi connectivity index (χ1n) is 15.7. The average molecular weight is 721 g/mol. The summed E-state index contributed by atoms with van der Waals surface area (Å²) in [6.07, 6.45) is -11.5. The highest BCUT2D eigenvalue weighted by Crippen LogP contribution is 2.46. The van der Waals surface area contributed by atoms with Crippen LogP contribution in [0.1, 0.15) is 60.1 Å². The number of amides is 1. The van der Waals surface area contributed by atoms with Gasteiger partial charge in [-0.05, 0) is 54.7 Å². The largest absolute Gasteiger partial charge is 0.469 e. The van der Waals surface area contributed by atoms with Crippen LogP contribution in [-0.2, 0) is 49.0 Å². The number of carbonyl (C=O) groups excluding carboxylic acids is 2. The predicted molar refractivity (Wildman–Crippen MR) is 169 cm³/mol. The molecule has 10 nitrogen and oxygen atoms in total. The van der Waals surface area contributed by atoms with Crippen LogP contribution in [0.15, 0.2) is 90.0 Å². The van der Waals surface area contributed by atoms with Crippen molar-refractivity contribution < 1.29 is 50.1 Å². The van der Waals surface area contributed by atoms with Crippen LogP contribution in [0.5, 0.6) is 0 Å². The molecule has 0 spiro atoms. The molecule has 3 aromatic carbocycles. The number of ether oxygens (including phenoxy) is 3. The first-order valence-corrected chi connectivity index (χ1v) is 15.7. The molecule has 1 aromatic heterocycles. The van der Waals surface area contributed by atoms with Gasteiger partial charge >= 0.3 is 30.1 Å². The molecule has 2 heterocycles. The lowest BCUT2D eigenvalue weighted by Gasteiger charge is -2.53. The van der Waals surface area contributed by atoms with Crippen LogP contribution in [0.2, 0.25) is 0 Å². The van der Waals surface area contributed by atoms with E-state index >= 15 is 0 Å². The van der Waals surface area contributed by atoms with E-state index in [4.69, 9.17) is 14.2 Å². The van der Waals surface area contributed by atoms with E-state index in [2.05, 4.69) is 10.2 Å². The second-order valence-corrected chi connectivity index (χ2v) is 12.3. The van der Waals surface area contributed by atoms with Gasteiger partial charge in [-0.15, -0.1) is 0 Å². The molecule has 4 aromatic rings. The van der Waals surface area contributed by atoms with Crippen LogP contribution in [-0.4, -0.2) is 52.0 Å². The van der Waals surface area contributed by atoms with Crippen molar-refractivity contribution in [2.75, 3.05) is 20.3 Å². The Bertz CT molecular complexity index is 1850. The molecule has 1 saturated heterocycles. The number of nitrogens with one attached hydrogen (secondary N) is 1. The van der Waals surface area contributed by atoms with E-state index in [0.29, 0.717) is 23.3 Å². The lowest BCUT2D eigenvalue weighted by molar-refractivity contribution is -0.146. The second-order valence-electron chi connectivity index (χ2n) is 12.3. The van der Waals surface area contributed by atoms with Gasteiger partial charge in [-0.25, -0.2) is 14.7 Å². The molecule has 0 bridgehead atoms. The van der Waals surface area contributed by atoms with Gasteiger partial charge in [0, 0.05) is 6.54 Å². The second kappa shape index (κ2) is 14.6. The molecule has 0 saturated carbocycles. The number of halogens is 6. The average Bonchev–Trinajstić information content (AvgIpc) is 3.56. The Morgan fingerprint density at radius 1 is 0.922 bits per heavy atom. The van der Waals surface area contributed by atoms with Crippen LogP contribution in [0.4, 0.5) is 31.1 Å². The number of hydrogen-bond donors (Lipinski definition) is 1. The van der Waals surface area contributed by atoms with Crippen molar-refractivity contribution in [3.63, 3.8) is 0 Å². The molecule has 1 aliphatic heterocycles. The molecule has 16 heteroatoms. The first kappa shape index (κ1) is 37.1. The minimum atomic E-state index is -5.07. The zero-order valence-electron chi connectivity index (χ0n) is 27.5. The highest BCUT2D eigenvalue weighted by Gasteiger charge is 2.54. The molecule has 5 rings (SSSR count). The normalized spacial score (nSPS) is 20.1. The first-order chi connectivity index (χ1) is 24.1. The van der Waals surface area contributed by atoms with Gasteiger partial charge in [0.2, 0.25) is 0 Å². The van der Waals surface area contributed by atoms with Crippen LogP contribution in [0.25, 0.3) is 0 Å². The Morgan fingerprint density at radius 2 is 1.53 bits per heavy atom. The summed E-state index contributed by atoms with van der Waals surface area (Å²) in [6.45, 7) is 0.384. The fourth-order valence-corrected chi connectivity index (χ4v) is 6.34. The van der Waals surface area contributed by atoms with Crippen LogP contribution in [0, 0.1) is 0 Å². The Balaban J connectivity index is 1.59. The number of hydrogen-bond acceptors (Lipinski definition) is 7. The number of rotatable bonds is 10. The van der Waals surface area contributed by atoms with Crippen molar-refractivity contribution in [1.29, 1.82) is 0 Å². The van der Waals surface area contributed by atoms with Gasteiger partial charge in [0.15, 0.2) is 0 Å². The molecule has 3 atom stereocenters. The third-order valence-corrected chi connectivity index (χ3v) is 9.13. The summed E-state index contributed by atoms with van der Waals surface area (Å²) < 4.78 is 100. The molecular formula is C35H34F6N4O6. The van der Waals surface area contributed by atoms with E-state index in [1.807, 2.05) is 0 Å². The number of nitrogens with zero attached hydrogens (tertiary/aromatic N) is 3. The minimum absolute atomic E-state index is 0.00479. The Labute approximate surface area is 287 Å². The van der Waals surface area contributed by atoms with Gasteiger partial charge in [-0.3, -0.25) is 14.3 Å². The Morgan fingerprint density at radius 3 is 2.08 bits per heavy atom. The third kappa shape index (κ3) is 8.11. The number of H-pyrrole nitrogens is 1. The summed E-state index contributed by atoms with van der Waals surface area (Å²) >= 11 is 0. The number of aromatic amines is 1. The van der Waals surface area contributed by atoms with Crippen molar-refractivity contribution >= 4 is 12.1 Å².